The molecule has 6 aliphatic carbocycles. The molecule has 2 saturated heterocycles. The molecular weight excluding hydrogens is 981 g/mol. The van der Waals surface area contributed by atoms with Gasteiger partial charge in [-0.2, -0.15) is 0 Å². The van der Waals surface area contributed by atoms with Gasteiger partial charge in [0.25, 0.3) is 0 Å². The third-order valence-electron chi connectivity index (χ3n) is 18.8. The molecule has 2 N–H and O–H groups in total. The van der Waals surface area contributed by atoms with Crippen molar-refractivity contribution in [3.63, 3.8) is 0 Å². The van der Waals surface area contributed by atoms with Crippen molar-refractivity contribution >= 4 is 46.3 Å². The van der Waals surface area contributed by atoms with Crippen LogP contribution < -0.4 is 5.32 Å². The molecule has 14 rings (SSSR count). The van der Waals surface area contributed by atoms with Gasteiger partial charge >= 0.3 is 12.1 Å². The third-order valence-corrected chi connectivity index (χ3v) is 18.8. The van der Waals surface area contributed by atoms with Gasteiger partial charge in [-0.15, -0.1) is 0 Å². The summed E-state index contributed by atoms with van der Waals surface area (Å²) >= 11 is 0. The maximum absolute atomic E-state index is 14.7. The Morgan fingerprint density at radius 3 is 1.86 bits per heavy atom. The van der Waals surface area contributed by atoms with Crippen LogP contribution in [0.15, 0.2) is 77.8 Å². The number of imidazole rings is 1. The molecule has 0 spiro atoms. The fourth-order valence-electron chi connectivity index (χ4n) is 14.4. The molecule has 9 aliphatic rings. The minimum atomic E-state index is -0.899. The number of fused-ring (bicyclic) bond motifs is 4. The molecule has 3 amide bonds. The Kier molecular flexibility index (Phi) is 15.9. The highest BCUT2D eigenvalue weighted by Crippen LogP contribution is 2.48. The number of amides is 3. The Labute approximate surface area is 459 Å². The monoisotopic (exact) mass is 1060 g/mol. The number of esters is 1. The van der Waals surface area contributed by atoms with Crippen molar-refractivity contribution in [3.8, 4) is 22.3 Å². The van der Waals surface area contributed by atoms with Crippen molar-refractivity contribution in [1.82, 2.24) is 25.1 Å². The predicted octanol–water partition coefficient (Wildman–Crippen LogP) is 11.2. The first-order chi connectivity index (χ1) is 37.9. The van der Waals surface area contributed by atoms with Crippen LogP contribution in [0.25, 0.3) is 33.3 Å². The maximum atomic E-state index is 14.7. The molecule has 0 radical (unpaired) electrons. The SMILES string of the molecule is COC(=O)C[C@H](C(=O)N1C(C2=Nc3cc(-c4cc5ccc4CCCc4ccc(c(-c6ccc7nc([C@@H]8C[C@@H]9CCCC[C@@H]9N8C(=O)[C@@H](NC(=O)OC)[C@@H](C)OC)[nH]c7c6)c4)CCC5)ccc3C2)C[C@@H]2CCCC[C@@H]21)[C@@H](C)OC. The molecule has 1 aromatic heterocycles. The van der Waals surface area contributed by atoms with E-state index in [0.717, 1.165) is 130 Å². The van der Waals surface area contributed by atoms with Gasteiger partial charge in [0.1, 0.15) is 11.9 Å². The van der Waals surface area contributed by atoms with E-state index in [0.29, 0.717) is 18.3 Å². The van der Waals surface area contributed by atoms with Gasteiger partial charge in [0.05, 0.1) is 67.6 Å². The molecule has 4 aromatic carbocycles. The lowest BCUT2D eigenvalue weighted by Crippen LogP contribution is -2.56. The number of benzene rings is 4. The summed E-state index contributed by atoms with van der Waals surface area (Å²) in [4.78, 5) is 72.8. The molecule has 78 heavy (non-hydrogen) atoms. The number of aryl methyl sites for hydroxylation is 4. The number of aromatic nitrogens is 2. The molecule has 3 aliphatic heterocycles. The summed E-state index contributed by atoms with van der Waals surface area (Å²) in [5.41, 5.74) is 15.2. The molecule has 2 saturated carbocycles. The summed E-state index contributed by atoms with van der Waals surface area (Å²) in [6.45, 7) is 3.68. The summed E-state index contributed by atoms with van der Waals surface area (Å²) in [6, 6.07) is 26.4. The van der Waals surface area contributed by atoms with Crippen molar-refractivity contribution in [2.75, 3.05) is 28.4 Å². The van der Waals surface area contributed by atoms with Crippen LogP contribution in [0.3, 0.4) is 0 Å². The summed E-state index contributed by atoms with van der Waals surface area (Å²) in [5, 5.41) is 2.77. The number of alkyl carbamates (subject to hydrolysis) is 1. The van der Waals surface area contributed by atoms with Gasteiger partial charge in [-0.25, -0.2) is 9.78 Å². The summed E-state index contributed by atoms with van der Waals surface area (Å²) in [6.07, 6.45) is 15.0. The number of H-pyrrole nitrogens is 1. The number of rotatable bonds is 13. The molecule has 14 nitrogen and oxygen atoms in total. The van der Waals surface area contributed by atoms with E-state index in [2.05, 4.69) is 88.0 Å². The van der Waals surface area contributed by atoms with Crippen LogP contribution in [0.4, 0.5) is 10.5 Å². The number of nitrogens with one attached hydrogen (secondary N) is 2. The number of ether oxygens (including phenoxy) is 4. The van der Waals surface area contributed by atoms with Gasteiger partial charge in [-0.1, -0.05) is 80.3 Å². The van der Waals surface area contributed by atoms with Crippen LogP contribution in [0.2, 0.25) is 0 Å². The minimum Gasteiger partial charge on any atom is -0.469 e. The first-order valence-electron chi connectivity index (χ1n) is 29.0. The standard InChI is InChI=1S/C64H78N6O8/c1-37(75-3)48(36-59(71)77-5)62(72)69-55-19-9-7-15-46(55)34-57(69)54-33-45-26-25-43(31-52(45)65-54)49-29-39-13-12-18-42-24-22-40(14-11-17-41(49)23-21-39)30-50(42)44-27-28-51-53(32-44)67-61(66-51)58-35-47-16-8-10-20-56(47)70(58)63(73)60(38(2)76-4)68-64(74)78-6/h21-32,37-38,46-48,55-58,60H,7-20,33-36H2,1-6H3,(H,66,67)(H,68,74)/t37-,38-,46+,47+,48+,55+,56+,57?,58+,60+/m1/s1. The number of hydrogen-bond acceptors (Lipinski definition) is 10. The zero-order valence-electron chi connectivity index (χ0n) is 46.5. The van der Waals surface area contributed by atoms with Crippen LogP contribution in [-0.2, 0) is 65.4 Å². The number of carbonyl (C=O) groups excluding carboxylic acids is 4. The first kappa shape index (κ1) is 53.6. The highest BCUT2D eigenvalue weighted by Gasteiger charge is 2.51. The Morgan fingerprint density at radius 1 is 0.641 bits per heavy atom. The number of aromatic amines is 1. The van der Waals surface area contributed by atoms with E-state index in [1.54, 1.807) is 21.1 Å². The molecular formula is C64H78N6O8. The van der Waals surface area contributed by atoms with E-state index in [9.17, 15) is 19.2 Å². The summed E-state index contributed by atoms with van der Waals surface area (Å²) < 4.78 is 21.3. The molecule has 4 bridgehead atoms. The number of methoxy groups -OCH3 is 4. The normalized spacial score (nSPS) is 24.4. The Hall–Kier alpha value is -6.38. The average Bonchev–Trinajstić information content (AvgIpc) is 4.42. The fourth-order valence-corrected chi connectivity index (χ4v) is 14.4. The highest BCUT2D eigenvalue weighted by molar-refractivity contribution is 6.01. The molecule has 5 aromatic rings. The summed E-state index contributed by atoms with van der Waals surface area (Å²) in [7, 11) is 5.84. The van der Waals surface area contributed by atoms with Gasteiger partial charge in [-0.05, 0) is 171 Å². The van der Waals surface area contributed by atoms with Crippen LogP contribution in [-0.4, -0.2) is 114 Å². The Morgan fingerprint density at radius 2 is 1.23 bits per heavy atom. The predicted molar refractivity (Wildman–Crippen MR) is 302 cm³/mol. The van der Waals surface area contributed by atoms with Crippen molar-refractivity contribution in [2.24, 2.45) is 22.7 Å². The smallest absolute Gasteiger partial charge is 0.407 e. The van der Waals surface area contributed by atoms with Gasteiger partial charge in [0.15, 0.2) is 0 Å². The molecule has 10 atom stereocenters. The zero-order chi connectivity index (χ0) is 54.2. The van der Waals surface area contributed by atoms with E-state index < -0.39 is 36.2 Å². The minimum absolute atomic E-state index is 0.00784. The number of likely N-dealkylation sites (tertiary alicyclic amines) is 2. The van der Waals surface area contributed by atoms with Gasteiger partial charge < -0.3 is 39.0 Å². The molecule has 1 unspecified atom stereocenters. The number of hydrogen-bond donors (Lipinski definition) is 2. The van der Waals surface area contributed by atoms with Crippen molar-refractivity contribution < 1.29 is 38.1 Å². The Bertz CT molecular complexity index is 3090. The molecule has 4 heterocycles. The highest BCUT2D eigenvalue weighted by atomic mass is 16.5. The van der Waals surface area contributed by atoms with Crippen LogP contribution in [0.1, 0.15) is 137 Å². The van der Waals surface area contributed by atoms with E-state index >= 15 is 0 Å². The second-order valence-electron chi connectivity index (χ2n) is 23.3. The van der Waals surface area contributed by atoms with Crippen molar-refractivity contribution in [1.29, 1.82) is 0 Å². The first-order valence-corrected chi connectivity index (χ1v) is 29.0. The lowest BCUT2D eigenvalue weighted by Gasteiger charge is -2.37. The largest absolute Gasteiger partial charge is 0.469 e. The maximum Gasteiger partial charge on any atom is 0.407 e. The second-order valence-corrected chi connectivity index (χ2v) is 23.3. The molecule has 412 valence electrons. The van der Waals surface area contributed by atoms with E-state index in [1.807, 2.05) is 11.8 Å². The Balaban J connectivity index is 0.826. The number of nitrogens with zero attached hydrogens (tertiary/aromatic N) is 4. The van der Waals surface area contributed by atoms with Gasteiger partial charge in [0.2, 0.25) is 11.8 Å². The van der Waals surface area contributed by atoms with E-state index in [1.165, 1.54) is 65.1 Å². The van der Waals surface area contributed by atoms with E-state index in [-0.39, 0.29) is 42.4 Å². The average molecular weight is 1060 g/mol. The van der Waals surface area contributed by atoms with Crippen LogP contribution in [0, 0.1) is 17.8 Å². The van der Waals surface area contributed by atoms with Crippen LogP contribution in [0.5, 0.6) is 0 Å². The fraction of sp³-hybridized carbons (Fsp3) is 0.531. The second kappa shape index (κ2) is 23.1. The van der Waals surface area contributed by atoms with Crippen molar-refractivity contribution in [3.05, 3.63) is 106 Å². The van der Waals surface area contributed by atoms with Crippen LogP contribution >= 0.6 is 0 Å². The topological polar surface area (TPSA) is 165 Å². The van der Waals surface area contributed by atoms with Gasteiger partial charge in [-0.3, -0.25) is 19.4 Å². The number of carbonyl (C=O) groups is 4. The van der Waals surface area contributed by atoms with Gasteiger partial charge in [0, 0.05) is 38.4 Å². The number of aliphatic imine (C=N–C) groups is 1. The molecule has 14 heteroatoms. The molecule has 4 fully saturated rings. The lowest BCUT2D eigenvalue weighted by atomic mass is 9.84. The quantitative estimate of drug-likeness (QED) is 0.109. The third kappa shape index (κ3) is 10.6. The zero-order valence-corrected chi connectivity index (χ0v) is 46.5. The van der Waals surface area contributed by atoms with E-state index in [4.69, 9.17) is 28.9 Å². The summed E-state index contributed by atoms with van der Waals surface area (Å²) in [5.74, 6) is 0.346. The lowest BCUT2D eigenvalue weighted by molar-refractivity contribution is -0.151. The van der Waals surface area contributed by atoms with Crippen molar-refractivity contribution in [2.45, 2.75) is 172 Å².